The largest absolute Gasteiger partial charge is 0.345 e. The van der Waals surface area contributed by atoms with Gasteiger partial charge in [0.15, 0.2) is 0 Å². The molecule has 0 aromatic carbocycles. The van der Waals surface area contributed by atoms with Crippen LogP contribution in [0.2, 0.25) is 0 Å². The van der Waals surface area contributed by atoms with Gasteiger partial charge in [0.05, 0.1) is 11.2 Å². The molecule has 1 saturated carbocycles. The number of hydrogen-bond acceptors (Lipinski definition) is 5. The van der Waals surface area contributed by atoms with E-state index in [1.54, 1.807) is 0 Å². The van der Waals surface area contributed by atoms with Crippen LogP contribution in [0.3, 0.4) is 0 Å². The highest BCUT2D eigenvalue weighted by molar-refractivity contribution is 7.08. The summed E-state index contributed by atoms with van der Waals surface area (Å²) in [5, 5.41) is 7.23. The number of hydrogen-bond donors (Lipinski definition) is 2. The van der Waals surface area contributed by atoms with Crippen LogP contribution in [0.5, 0.6) is 0 Å². The number of nitrogens with zero attached hydrogens (tertiary/aromatic N) is 2. The molecule has 0 bridgehead atoms. The van der Waals surface area contributed by atoms with E-state index in [9.17, 15) is 4.79 Å². The zero-order chi connectivity index (χ0) is 14.1. The van der Waals surface area contributed by atoms with Crippen LogP contribution >= 0.6 is 11.5 Å². The Labute approximate surface area is 118 Å². The van der Waals surface area contributed by atoms with E-state index in [0.29, 0.717) is 11.4 Å². The SMILES string of the molecule is CC(C)(C)c1nnsc1C(=O)NC1(CN)CCCC1. The highest BCUT2D eigenvalue weighted by Crippen LogP contribution is 2.30. The molecule has 0 saturated heterocycles. The molecule has 1 aliphatic rings. The van der Waals surface area contributed by atoms with Crippen molar-refractivity contribution in [3.05, 3.63) is 10.6 Å². The topological polar surface area (TPSA) is 80.9 Å². The number of aromatic nitrogens is 2. The van der Waals surface area contributed by atoms with E-state index in [1.807, 2.05) is 20.8 Å². The number of carbonyl (C=O) groups excluding carboxylic acids is 1. The molecule has 3 N–H and O–H groups in total. The minimum atomic E-state index is -0.226. The maximum Gasteiger partial charge on any atom is 0.265 e. The first-order chi connectivity index (χ1) is 8.88. The maximum absolute atomic E-state index is 12.5. The van der Waals surface area contributed by atoms with Gasteiger partial charge in [0.2, 0.25) is 0 Å². The summed E-state index contributed by atoms with van der Waals surface area (Å²) in [6, 6.07) is 0. The fourth-order valence-corrected chi connectivity index (χ4v) is 3.33. The third kappa shape index (κ3) is 2.95. The molecule has 0 spiro atoms. The second kappa shape index (κ2) is 5.17. The van der Waals surface area contributed by atoms with Gasteiger partial charge in [-0.25, -0.2) is 0 Å². The lowest BCUT2D eigenvalue weighted by Crippen LogP contribution is -2.51. The van der Waals surface area contributed by atoms with Crippen LogP contribution in [0.1, 0.15) is 61.8 Å². The molecular weight excluding hydrogens is 260 g/mol. The maximum atomic E-state index is 12.5. The quantitative estimate of drug-likeness (QED) is 0.886. The summed E-state index contributed by atoms with van der Waals surface area (Å²) >= 11 is 1.16. The van der Waals surface area contributed by atoms with Gasteiger partial charge in [0.1, 0.15) is 4.88 Å². The standard InChI is InChI=1S/C13H22N4OS/c1-12(2,3)10-9(19-17-16-10)11(18)15-13(8-14)6-4-5-7-13/h4-8,14H2,1-3H3,(H,15,18). The molecule has 19 heavy (non-hydrogen) atoms. The second-order valence-corrected chi connectivity index (χ2v) is 7.10. The zero-order valence-corrected chi connectivity index (χ0v) is 12.6. The first-order valence-corrected chi connectivity index (χ1v) is 7.51. The molecule has 6 heteroatoms. The van der Waals surface area contributed by atoms with E-state index >= 15 is 0 Å². The molecule has 2 rings (SSSR count). The molecule has 1 aromatic heterocycles. The van der Waals surface area contributed by atoms with Crippen molar-refractivity contribution in [1.29, 1.82) is 0 Å². The smallest absolute Gasteiger partial charge is 0.265 e. The van der Waals surface area contributed by atoms with Crippen LogP contribution < -0.4 is 11.1 Å². The molecule has 0 aliphatic heterocycles. The van der Waals surface area contributed by atoms with Crippen LogP contribution in [0.4, 0.5) is 0 Å². The number of nitrogens with two attached hydrogens (primary N) is 1. The van der Waals surface area contributed by atoms with Crippen LogP contribution in [-0.4, -0.2) is 27.6 Å². The lowest BCUT2D eigenvalue weighted by atomic mass is 9.91. The minimum absolute atomic E-state index is 0.0766. The van der Waals surface area contributed by atoms with Gasteiger partial charge in [-0.05, 0) is 24.4 Å². The molecule has 1 aromatic rings. The average Bonchev–Trinajstić information content (AvgIpc) is 2.96. The Hall–Kier alpha value is -1.01. The van der Waals surface area contributed by atoms with Gasteiger partial charge in [-0.3, -0.25) is 4.79 Å². The summed E-state index contributed by atoms with van der Waals surface area (Å²) in [5.41, 5.74) is 6.21. The van der Waals surface area contributed by atoms with Crippen molar-refractivity contribution in [3.63, 3.8) is 0 Å². The van der Waals surface area contributed by atoms with Crippen molar-refractivity contribution in [1.82, 2.24) is 14.9 Å². The van der Waals surface area contributed by atoms with Crippen molar-refractivity contribution in [2.24, 2.45) is 5.73 Å². The zero-order valence-electron chi connectivity index (χ0n) is 11.8. The highest BCUT2D eigenvalue weighted by atomic mass is 32.1. The Morgan fingerprint density at radius 1 is 1.42 bits per heavy atom. The lowest BCUT2D eigenvalue weighted by Gasteiger charge is -2.28. The summed E-state index contributed by atoms with van der Waals surface area (Å²) in [4.78, 5) is 13.1. The van der Waals surface area contributed by atoms with Crippen LogP contribution in [0.25, 0.3) is 0 Å². The number of amides is 1. The Balaban J connectivity index is 2.19. The first kappa shape index (κ1) is 14.4. The molecule has 1 fully saturated rings. The van der Waals surface area contributed by atoms with Gasteiger partial charge < -0.3 is 11.1 Å². The minimum Gasteiger partial charge on any atom is -0.345 e. The Kier molecular flexibility index (Phi) is 3.92. The van der Waals surface area contributed by atoms with Gasteiger partial charge >= 0.3 is 0 Å². The van der Waals surface area contributed by atoms with Crippen molar-refractivity contribution in [3.8, 4) is 0 Å². The molecule has 1 aliphatic carbocycles. The van der Waals surface area contributed by atoms with Crippen LogP contribution in [0.15, 0.2) is 0 Å². The normalized spacial score (nSPS) is 18.5. The van der Waals surface area contributed by atoms with Gasteiger partial charge in [-0.15, -0.1) is 5.10 Å². The molecule has 5 nitrogen and oxygen atoms in total. The fraction of sp³-hybridized carbons (Fsp3) is 0.769. The van der Waals surface area contributed by atoms with E-state index in [4.69, 9.17) is 5.73 Å². The van der Waals surface area contributed by atoms with Gasteiger partial charge in [-0.1, -0.05) is 38.1 Å². The van der Waals surface area contributed by atoms with Crippen molar-refractivity contribution in [2.75, 3.05) is 6.54 Å². The fourth-order valence-electron chi connectivity index (χ4n) is 2.56. The predicted octanol–water partition coefficient (Wildman–Crippen LogP) is 1.84. The van der Waals surface area contributed by atoms with E-state index in [-0.39, 0.29) is 16.9 Å². The molecule has 0 atom stereocenters. The monoisotopic (exact) mass is 282 g/mol. The Bertz CT molecular complexity index is 457. The molecule has 1 heterocycles. The van der Waals surface area contributed by atoms with Crippen molar-refractivity contribution >= 4 is 17.4 Å². The van der Waals surface area contributed by atoms with E-state index in [1.165, 1.54) is 0 Å². The lowest BCUT2D eigenvalue weighted by molar-refractivity contribution is 0.0905. The van der Waals surface area contributed by atoms with Crippen LogP contribution in [-0.2, 0) is 5.41 Å². The second-order valence-electron chi connectivity index (χ2n) is 6.35. The summed E-state index contributed by atoms with van der Waals surface area (Å²) < 4.78 is 3.93. The third-order valence-electron chi connectivity index (χ3n) is 3.73. The van der Waals surface area contributed by atoms with E-state index in [2.05, 4.69) is 14.9 Å². The van der Waals surface area contributed by atoms with Crippen molar-refractivity contribution in [2.45, 2.75) is 57.4 Å². The van der Waals surface area contributed by atoms with Gasteiger partial charge in [0.25, 0.3) is 5.91 Å². The molecule has 0 radical (unpaired) electrons. The Morgan fingerprint density at radius 3 is 2.58 bits per heavy atom. The molecule has 106 valence electrons. The molecule has 0 unspecified atom stereocenters. The summed E-state index contributed by atoms with van der Waals surface area (Å²) in [7, 11) is 0. The van der Waals surface area contributed by atoms with Gasteiger partial charge in [-0.2, -0.15) is 0 Å². The molecular formula is C13H22N4OS. The van der Waals surface area contributed by atoms with Crippen molar-refractivity contribution < 1.29 is 4.79 Å². The van der Waals surface area contributed by atoms with Gasteiger partial charge in [0, 0.05) is 12.0 Å². The molecule has 1 amide bonds. The number of nitrogens with one attached hydrogen (secondary N) is 1. The first-order valence-electron chi connectivity index (χ1n) is 6.73. The highest BCUT2D eigenvalue weighted by Gasteiger charge is 2.36. The summed E-state index contributed by atoms with van der Waals surface area (Å²) in [6.45, 7) is 6.61. The number of carbonyl (C=O) groups is 1. The predicted molar refractivity (Wildman–Crippen MR) is 76.3 cm³/mol. The van der Waals surface area contributed by atoms with E-state index < -0.39 is 0 Å². The Morgan fingerprint density at radius 2 is 2.05 bits per heavy atom. The third-order valence-corrected chi connectivity index (χ3v) is 4.46. The van der Waals surface area contributed by atoms with E-state index in [0.717, 1.165) is 42.9 Å². The number of rotatable bonds is 3. The van der Waals surface area contributed by atoms with Crippen LogP contribution in [0, 0.1) is 0 Å². The summed E-state index contributed by atoms with van der Waals surface area (Å²) in [5.74, 6) is -0.0766. The average molecular weight is 282 g/mol. The summed E-state index contributed by atoms with van der Waals surface area (Å²) in [6.07, 6.45) is 4.19.